The molecular weight excluding hydrogens is 386 g/mol. The quantitative estimate of drug-likeness (QED) is 0.514. The fourth-order valence-electron chi connectivity index (χ4n) is 2.81. The monoisotopic (exact) mass is 403 g/mol. The van der Waals surface area contributed by atoms with Gasteiger partial charge in [-0.25, -0.2) is 4.79 Å². The van der Waals surface area contributed by atoms with E-state index < -0.39 is 17.2 Å². The summed E-state index contributed by atoms with van der Waals surface area (Å²) in [5.74, 6) is 1.08. The molecule has 0 fully saturated rings. The van der Waals surface area contributed by atoms with Crippen molar-refractivity contribution in [2.45, 2.75) is 6.54 Å². The fraction of sp³-hybridized carbons (Fsp3) is 0.0455. The van der Waals surface area contributed by atoms with Gasteiger partial charge in [0.1, 0.15) is 22.8 Å². The van der Waals surface area contributed by atoms with Gasteiger partial charge in [-0.3, -0.25) is 14.2 Å². The smallest absolute Gasteiger partial charge is 0.328 e. The van der Waals surface area contributed by atoms with Crippen LogP contribution in [-0.4, -0.2) is 15.5 Å². The summed E-state index contributed by atoms with van der Waals surface area (Å²) in [6, 6.07) is 19.3. The van der Waals surface area contributed by atoms with Crippen LogP contribution in [0.4, 0.5) is 5.69 Å². The van der Waals surface area contributed by atoms with Crippen LogP contribution in [0.25, 0.3) is 0 Å². The molecule has 0 aliphatic rings. The van der Waals surface area contributed by atoms with Gasteiger partial charge in [0.05, 0.1) is 12.8 Å². The number of H-pyrrole nitrogens is 1. The highest BCUT2D eigenvalue weighted by atomic mass is 16.5. The Balaban J connectivity index is 1.50. The molecule has 4 aromatic rings. The number of ether oxygens (including phenoxy) is 1. The van der Waals surface area contributed by atoms with E-state index in [0.717, 1.165) is 10.8 Å². The summed E-state index contributed by atoms with van der Waals surface area (Å²) < 4.78 is 11.8. The number of hydrogen-bond donors (Lipinski definition) is 2. The van der Waals surface area contributed by atoms with Gasteiger partial charge in [-0.05, 0) is 48.5 Å². The van der Waals surface area contributed by atoms with E-state index in [2.05, 4.69) is 10.3 Å². The van der Waals surface area contributed by atoms with Gasteiger partial charge in [0.15, 0.2) is 0 Å². The number of para-hydroxylation sites is 1. The lowest BCUT2D eigenvalue weighted by Crippen LogP contribution is -2.39. The number of nitrogens with one attached hydrogen (secondary N) is 2. The number of carbonyl (C=O) groups excluding carboxylic acids is 1. The number of nitrogens with zero attached hydrogens (tertiary/aromatic N) is 1. The van der Waals surface area contributed by atoms with Crippen molar-refractivity contribution in [2.24, 2.45) is 0 Å². The highest BCUT2D eigenvalue weighted by Crippen LogP contribution is 2.22. The van der Waals surface area contributed by atoms with Crippen LogP contribution in [0.2, 0.25) is 0 Å². The van der Waals surface area contributed by atoms with Gasteiger partial charge in [0, 0.05) is 11.9 Å². The Morgan fingerprint density at radius 2 is 1.70 bits per heavy atom. The van der Waals surface area contributed by atoms with E-state index in [1.807, 2.05) is 30.3 Å². The third-order valence-corrected chi connectivity index (χ3v) is 4.29. The Labute approximate surface area is 170 Å². The molecule has 4 rings (SSSR count). The number of aromatic amines is 1. The summed E-state index contributed by atoms with van der Waals surface area (Å²) in [5, 5.41) is 2.64. The van der Waals surface area contributed by atoms with Crippen LogP contribution in [-0.2, 0) is 6.54 Å². The molecule has 0 radical (unpaired) electrons. The molecule has 0 saturated carbocycles. The standard InChI is InChI=1S/C22H17N3O5/c26-20(19-13-23-22(28)25(21(19)27)14-18-7-4-12-29-18)24-15-8-10-17(11-9-15)30-16-5-2-1-3-6-16/h1-13H,14H2,(H,23,28)(H,24,26). The maximum Gasteiger partial charge on any atom is 0.328 e. The number of benzene rings is 2. The average molecular weight is 403 g/mol. The number of rotatable bonds is 6. The van der Waals surface area contributed by atoms with Crippen molar-refractivity contribution >= 4 is 11.6 Å². The van der Waals surface area contributed by atoms with Gasteiger partial charge in [-0.2, -0.15) is 0 Å². The van der Waals surface area contributed by atoms with Gasteiger partial charge in [-0.1, -0.05) is 18.2 Å². The van der Waals surface area contributed by atoms with E-state index in [0.29, 0.717) is 22.9 Å². The summed E-state index contributed by atoms with van der Waals surface area (Å²) >= 11 is 0. The molecular formula is C22H17N3O5. The van der Waals surface area contributed by atoms with E-state index in [1.54, 1.807) is 36.4 Å². The molecule has 2 aromatic heterocycles. The fourth-order valence-corrected chi connectivity index (χ4v) is 2.81. The molecule has 0 bridgehead atoms. The van der Waals surface area contributed by atoms with Crippen molar-refractivity contribution < 1.29 is 13.9 Å². The number of amides is 1. The van der Waals surface area contributed by atoms with Gasteiger partial charge in [0.2, 0.25) is 0 Å². The van der Waals surface area contributed by atoms with E-state index in [4.69, 9.17) is 9.15 Å². The molecule has 0 unspecified atom stereocenters. The van der Waals surface area contributed by atoms with Crippen LogP contribution in [0, 0.1) is 0 Å². The third-order valence-electron chi connectivity index (χ3n) is 4.29. The Morgan fingerprint density at radius 1 is 0.967 bits per heavy atom. The lowest BCUT2D eigenvalue weighted by atomic mass is 10.2. The van der Waals surface area contributed by atoms with E-state index >= 15 is 0 Å². The second-order valence-electron chi connectivity index (χ2n) is 6.37. The van der Waals surface area contributed by atoms with E-state index in [9.17, 15) is 14.4 Å². The molecule has 0 saturated heterocycles. The molecule has 2 heterocycles. The summed E-state index contributed by atoms with van der Waals surface area (Å²) in [7, 11) is 0. The minimum Gasteiger partial charge on any atom is -0.467 e. The van der Waals surface area contributed by atoms with Crippen molar-refractivity contribution in [1.82, 2.24) is 9.55 Å². The van der Waals surface area contributed by atoms with Crippen LogP contribution in [0.15, 0.2) is 93.2 Å². The number of hydrogen-bond acceptors (Lipinski definition) is 5. The Kier molecular flexibility index (Phi) is 5.29. The lowest BCUT2D eigenvalue weighted by molar-refractivity contribution is 0.102. The molecule has 0 spiro atoms. The molecule has 150 valence electrons. The zero-order chi connectivity index (χ0) is 20.9. The summed E-state index contributed by atoms with van der Waals surface area (Å²) in [4.78, 5) is 39.6. The van der Waals surface area contributed by atoms with Crippen LogP contribution in [0.3, 0.4) is 0 Å². The zero-order valence-electron chi connectivity index (χ0n) is 15.7. The van der Waals surface area contributed by atoms with Crippen LogP contribution < -0.4 is 21.3 Å². The van der Waals surface area contributed by atoms with E-state index in [-0.39, 0.29) is 12.1 Å². The molecule has 2 aromatic carbocycles. The number of aromatic nitrogens is 2. The zero-order valence-corrected chi connectivity index (χ0v) is 15.7. The predicted octanol–water partition coefficient (Wildman–Crippen LogP) is 3.22. The second kappa shape index (κ2) is 8.36. The van der Waals surface area contributed by atoms with Crippen LogP contribution in [0.5, 0.6) is 11.5 Å². The first-order valence-electron chi connectivity index (χ1n) is 9.09. The van der Waals surface area contributed by atoms with Crippen LogP contribution in [0.1, 0.15) is 16.1 Å². The molecule has 0 atom stereocenters. The molecule has 0 aliphatic carbocycles. The predicted molar refractivity (Wildman–Crippen MR) is 110 cm³/mol. The highest BCUT2D eigenvalue weighted by Gasteiger charge is 2.16. The molecule has 8 heteroatoms. The topological polar surface area (TPSA) is 106 Å². The lowest BCUT2D eigenvalue weighted by Gasteiger charge is -2.09. The summed E-state index contributed by atoms with van der Waals surface area (Å²) in [6.07, 6.45) is 2.54. The van der Waals surface area contributed by atoms with Crippen molar-refractivity contribution in [3.8, 4) is 11.5 Å². The maximum absolute atomic E-state index is 12.6. The maximum atomic E-state index is 12.6. The Hall–Kier alpha value is -4.33. The van der Waals surface area contributed by atoms with Gasteiger partial charge in [-0.15, -0.1) is 0 Å². The SMILES string of the molecule is O=C(Nc1ccc(Oc2ccccc2)cc1)c1c[nH]c(=O)n(Cc2ccco2)c1=O. The normalized spacial score (nSPS) is 10.5. The van der Waals surface area contributed by atoms with Crippen molar-refractivity contribution in [3.05, 3.63) is 111 Å². The van der Waals surface area contributed by atoms with E-state index in [1.165, 1.54) is 6.26 Å². The molecule has 1 amide bonds. The Bertz CT molecular complexity index is 1260. The largest absolute Gasteiger partial charge is 0.467 e. The van der Waals surface area contributed by atoms with Gasteiger partial charge >= 0.3 is 5.69 Å². The molecule has 2 N–H and O–H groups in total. The summed E-state index contributed by atoms with van der Waals surface area (Å²) in [5.41, 5.74) is -1.05. The van der Waals surface area contributed by atoms with Crippen molar-refractivity contribution in [3.63, 3.8) is 0 Å². The minimum atomic E-state index is -0.711. The van der Waals surface area contributed by atoms with Crippen molar-refractivity contribution in [2.75, 3.05) is 5.32 Å². The number of furan rings is 1. The molecule has 0 aliphatic heterocycles. The number of anilines is 1. The van der Waals surface area contributed by atoms with Gasteiger partial charge < -0.3 is 19.5 Å². The first-order chi connectivity index (χ1) is 14.6. The third kappa shape index (κ3) is 4.22. The van der Waals surface area contributed by atoms with Gasteiger partial charge in [0.25, 0.3) is 11.5 Å². The highest BCUT2D eigenvalue weighted by molar-refractivity contribution is 6.03. The van der Waals surface area contributed by atoms with Crippen LogP contribution >= 0.6 is 0 Å². The number of carbonyl (C=O) groups is 1. The first-order valence-corrected chi connectivity index (χ1v) is 9.09. The van der Waals surface area contributed by atoms with Crippen molar-refractivity contribution in [1.29, 1.82) is 0 Å². The molecule has 30 heavy (non-hydrogen) atoms. The first kappa shape index (κ1) is 19.0. The minimum absolute atomic E-state index is 0.0756. The average Bonchev–Trinajstić information content (AvgIpc) is 3.26. The summed E-state index contributed by atoms with van der Waals surface area (Å²) in [6.45, 7) is -0.0756. The molecule has 8 nitrogen and oxygen atoms in total. The Morgan fingerprint density at radius 3 is 2.40 bits per heavy atom. The second-order valence-corrected chi connectivity index (χ2v) is 6.37.